The van der Waals surface area contributed by atoms with E-state index in [1.54, 1.807) is 18.2 Å². The van der Waals surface area contributed by atoms with Crippen LogP contribution in [-0.4, -0.2) is 23.2 Å². The second kappa shape index (κ2) is 9.96. The van der Waals surface area contributed by atoms with Gasteiger partial charge in [0, 0.05) is 23.5 Å². The van der Waals surface area contributed by atoms with Crippen LogP contribution in [0.3, 0.4) is 0 Å². The van der Waals surface area contributed by atoms with E-state index in [2.05, 4.69) is 36.0 Å². The third-order valence-corrected chi connectivity index (χ3v) is 4.46. The van der Waals surface area contributed by atoms with Gasteiger partial charge < -0.3 is 15.0 Å². The van der Waals surface area contributed by atoms with Crippen LogP contribution < -0.4 is 10.5 Å². The Kier molecular flexibility index (Phi) is 7.94. The highest BCUT2D eigenvalue weighted by Gasteiger charge is 2.17. The van der Waals surface area contributed by atoms with E-state index in [-0.39, 0.29) is 10.8 Å². The molecule has 1 aromatic heterocycles. The van der Waals surface area contributed by atoms with Gasteiger partial charge in [-0.15, -0.1) is 0 Å². The van der Waals surface area contributed by atoms with Crippen molar-refractivity contribution in [3.05, 3.63) is 57.5 Å². The van der Waals surface area contributed by atoms with E-state index in [1.165, 1.54) is 25.2 Å². The molecule has 0 amide bonds. The highest BCUT2D eigenvalue weighted by Crippen LogP contribution is 2.27. The Morgan fingerprint density at radius 3 is 2.67 bits per heavy atom. The zero-order valence-corrected chi connectivity index (χ0v) is 16.8. The molecule has 0 saturated heterocycles. The summed E-state index contributed by atoms with van der Waals surface area (Å²) in [6, 6.07) is 9.38. The van der Waals surface area contributed by atoms with E-state index in [9.17, 15) is 13.2 Å². The molecule has 1 aliphatic heterocycles. The molecule has 0 bridgehead atoms. The maximum absolute atomic E-state index is 13.1. The Morgan fingerprint density at radius 1 is 1.26 bits per heavy atom. The van der Waals surface area contributed by atoms with Crippen LogP contribution in [0.4, 0.5) is 13.2 Å². The van der Waals surface area contributed by atoms with Gasteiger partial charge in [-0.25, -0.2) is 9.37 Å². The van der Waals surface area contributed by atoms with Crippen molar-refractivity contribution in [2.75, 3.05) is 7.05 Å². The average molecular weight is 465 g/mol. The average Bonchev–Trinajstić information content (AvgIpc) is 3.19. The van der Waals surface area contributed by atoms with Crippen molar-refractivity contribution in [3.63, 3.8) is 0 Å². The molecule has 4 nitrogen and oxygen atoms in total. The minimum Gasteiger partial charge on any atom is -0.435 e. The molecular formula is C18H18BrClF3N3O. The molecule has 1 aliphatic rings. The number of fused-ring (bicyclic) bond motifs is 3. The summed E-state index contributed by atoms with van der Waals surface area (Å²) in [5.41, 5.74) is 6.16. The lowest BCUT2D eigenvalue weighted by Crippen LogP contribution is -2.01. The predicted octanol–water partition coefficient (Wildman–Crippen LogP) is 5.40. The summed E-state index contributed by atoms with van der Waals surface area (Å²) in [6.45, 7) is -1.79. The number of imidazole rings is 1. The molecule has 2 aromatic carbocycles. The minimum absolute atomic E-state index is 0.161. The highest BCUT2D eigenvalue weighted by molar-refractivity contribution is 9.10. The SMILES string of the molecule is CN.FC(F)Oc1cccc(Br)c1.Fc1cc2nc3n(c2cc1Cl)CCC3. The minimum atomic E-state index is -2.76. The number of aromatic nitrogens is 2. The van der Waals surface area contributed by atoms with E-state index in [1.807, 2.05) is 0 Å². The summed E-state index contributed by atoms with van der Waals surface area (Å²) >= 11 is 8.86. The fraction of sp³-hybridized carbons (Fsp3) is 0.278. The Hall–Kier alpha value is -1.77. The van der Waals surface area contributed by atoms with E-state index in [4.69, 9.17) is 11.6 Å². The van der Waals surface area contributed by atoms with E-state index >= 15 is 0 Å². The number of rotatable bonds is 2. The lowest BCUT2D eigenvalue weighted by Gasteiger charge is -2.02. The summed E-state index contributed by atoms with van der Waals surface area (Å²) in [6.07, 6.45) is 2.10. The van der Waals surface area contributed by atoms with Crippen molar-refractivity contribution < 1.29 is 17.9 Å². The van der Waals surface area contributed by atoms with Crippen LogP contribution >= 0.6 is 27.5 Å². The van der Waals surface area contributed by atoms with Crippen LogP contribution in [-0.2, 0) is 13.0 Å². The van der Waals surface area contributed by atoms with Gasteiger partial charge >= 0.3 is 6.61 Å². The number of hydrogen-bond donors (Lipinski definition) is 1. The second-order valence-electron chi connectivity index (χ2n) is 5.37. The summed E-state index contributed by atoms with van der Waals surface area (Å²) in [5.74, 6) is 0.812. The Morgan fingerprint density at radius 2 is 2.00 bits per heavy atom. The molecule has 0 fully saturated rings. The van der Waals surface area contributed by atoms with Gasteiger partial charge in [0.25, 0.3) is 0 Å². The summed E-state index contributed by atoms with van der Waals surface area (Å²) in [5, 5.41) is 0.173. The van der Waals surface area contributed by atoms with Gasteiger partial charge in [-0.05, 0) is 37.7 Å². The van der Waals surface area contributed by atoms with Crippen molar-refractivity contribution in [3.8, 4) is 5.75 Å². The summed E-state index contributed by atoms with van der Waals surface area (Å²) in [7, 11) is 1.50. The van der Waals surface area contributed by atoms with Gasteiger partial charge in [-0.3, -0.25) is 0 Å². The van der Waals surface area contributed by atoms with E-state index in [0.717, 1.165) is 35.2 Å². The smallest absolute Gasteiger partial charge is 0.387 e. The largest absolute Gasteiger partial charge is 0.435 e. The van der Waals surface area contributed by atoms with Gasteiger partial charge in [-0.1, -0.05) is 33.6 Å². The Balaban J connectivity index is 0.000000183. The van der Waals surface area contributed by atoms with Gasteiger partial charge in [-0.2, -0.15) is 8.78 Å². The normalized spacial score (nSPS) is 12.1. The lowest BCUT2D eigenvalue weighted by molar-refractivity contribution is -0.0498. The molecule has 0 spiro atoms. The van der Waals surface area contributed by atoms with Crippen molar-refractivity contribution in [1.82, 2.24) is 9.55 Å². The topological polar surface area (TPSA) is 53.1 Å². The van der Waals surface area contributed by atoms with Crippen LogP contribution in [0.5, 0.6) is 5.75 Å². The molecule has 4 rings (SSSR count). The highest BCUT2D eigenvalue weighted by atomic mass is 79.9. The number of hydrogen-bond acceptors (Lipinski definition) is 3. The third-order valence-electron chi connectivity index (χ3n) is 3.67. The molecule has 27 heavy (non-hydrogen) atoms. The first-order valence-electron chi connectivity index (χ1n) is 8.06. The van der Waals surface area contributed by atoms with Crippen LogP contribution in [0.15, 0.2) is 40.9 Å². The predicted molar refractivity (Wildman–Crippen MR) is 104 cm³/mol. The van der Waals surface area contributed by atoms with Crippen LogP contribution in [0, 0.1) is 5.82 Å². The number of nitrogens with two attached hydrogens (primary N) is 1. The number of alkyl halides is 2. The Labute approximate surface area is 168 Å². The molecule has 0 saturated carbocycles. The second-order valence-corrected chi connectivity index (χ2v) is 6.70. The fourth-order valence-electron chi connectivity index (χ4n) is 2.65. The van der Waals surface area contributed by atoms with Gasteiger partial charge in [0.05, 0.1) is 16.1 Å². The standard InChI is InChI=1S/C10H8ClFN2.C7H5BrF2O.CH5N/c11-6-4-9-8(5-7(6)12)13-10-2-1-3-14(9)10;8-5-2-1-3-6(4-5)11-7(9)10;1-2/h4-5H,1-3H2;1-4,7H;2H2,1H3. The molecule has 146 valence electrons. The molecule has 0 unspecified atom stereocenters. The van der Waals surface area contributed by atoms with Gasteiger partial charge in [0.2, 0.25) is 0 Å². The molecule has 9 heteroatoms. The molecule has 0 aliphatic carbocycles. The van der Waals surface area contributed by atoms with E-state index in [0.29, 0.717) is 5.52 Å². The van der Waals surface area contributed by atoms with Gasteiger partial charge in [0.1, 0.15) is 17.4 Å². The quantitative estimate of drug-likeness (QED) is 0.552. The lowest BCUT2D eigenvalue weighted by atomic mass is 10.3. The number of ether oxygens (including phenoxy) is 1. The first-order chi connectivity index (χ1) is 12.9. The number of benzene rings is 2. The summed E-state index contributed by atoms with van der Waals surface area (Å²) < 4.78 is 43.3. The fourth-order valence-corrected chi connectivity index (χ4v) is 3.18. The van der Waals surface area contributed by atoms with Crippen molar-refractivity contribution in [1.29, 1.82) is 0 Å². The zero-order valence-electron chi connectivity index (χ0n) is 14.4. The van der Waals surface area contributed by atoms with Crippen molar-refractivity contribution in [2.45, 2.75) is 26.0 Å². The molecule has 2 N–H and O–H groups in total. The van der Waals surface area contributed by atoms with Crippen LogP contribution in [0.1, 0.15) is 12.2 Å². The van der Waals surface area contributed by atoms with Crippen LogP contribution in [0.2, 0.25) is 5.02 Å². The number of halogens is 5. The van der Waals surface area contributed by atoms with Crippen molar-refractivity contribution >= 4 is 38.6 Å². The first-order valence-corrected chi connectivity index (χ1v) is 9.23. The first kappa shape index (κ1) is 21.5. The number of nitrogens with zero attached hydrogens (tertiary/aromatic N) is 2. The zero-order chi connectivity index (χ0) is 20.0. The maximum Gasteiger partial charge on any atom is 0.387 e. The molecule has 0 radical (unpaired) electrons. The molecule has 0 atom stereocenters. The number of aryl methyl sites for hydroxylation is 2. The third kappa shape index (κ3) is 5.60. The van der Waals surface area contributed by atoms with Crippen LogP contribution in [0.25, 0.3) is 11.0 Å². The molecular weight excluding hydrogens is 447 g/mol. The molecule has 3 aromatic rings. The monoisotopic (exact) mass is 463 g/mol. The Bertz CT molecular complexity index is 905. The van der Waals surface area contributed by atoms with E-state index < -0.39 is 12.4 Å². The maximum atomic E-state index is 13.1. The van der Waals surface area contributed by atoms with Gasteiger partial charge in [0.15, 0.2) is 0 Å². The molecule has 2 heterocycles. The summed E-state index contributed by atoms with van der Waals surface area (Å²) in [4.78, 5) is 4.36. The van der Waals surface area contributed by atoms with Crippen molar-refractivity contribution in [2.24, 2.45) is 5.73 Å².